The van der Waals surface area contributed by atoms with Crippen LogP contribution in [0.2, 0.25) is 0 Å². The van der Waals surface area contributed by atoms with Gasteiger partial charge in [-0.3, -0.25) is 4.98 Å². The number of hydrogen-bond donors (Lipinski definition) is 2. The predicted octanol–water partition coefficient (Wildman–Crippen LogP) is 2.77. The third-order valence-electron chi connectivity index (χ3n) is 2.89. The summed E-state index contributed by atoms with van der Waals surface area (Å²) in [7, 11) is 0. The first-order chi connectivity index (χ1) is 9.41. The highest BCUT2D eigenvalue weighted by Gasteiger charge is 2.36. The first-order valence-electron chi connectivity index (χ1n) is 5.81. The molecule has 1 atom stereocenters. The summed E-state index contributed by atoms with van der Waals surface area (Å²) in [5.74, 6) is -2.26. The smallest absolute Gasteiger partial charge is 0.335 e. The van der Waals surface area contributed by atoms with Crippen LogP contribution >= 0.6 is 0 Å². The minimum atomic E-state index is -1.60. The number of benzene rings is 1. The molecule has 2 rings (SSSR count). The standard InChI is InChI=1S/C14H12F2N2O2/c1-14(13(19)20,12-6-5-10(16)8-17-12)18-11-4-2-3-9(15)7-11/h2-8,18H,1H3,(H,19,20). The normalized spacial score (nSPS) is 13.6. The number of aliphatic carboxylic acids is 1. The van der Waals surface area contributed by atoms with Crippen LogP contribution in [-0.2, 0) is 10.3 Å². The zero-order valence-corrected chi connectivity index (χ0v) is 10.6. The molecule has 104 valence electrons. The van der Waals surface area contributed by atoms with Crippen molar-refractivity contribution in [2.45, 2.75) is 12.5 Å². The number of halogens is 2. The Kier molecular flexibility index (Phi) is 3.65. The fraction of sp³-hybridized carbons (Fsp3) is 0.143. The molecule has 1 heterocycles. The topological polar surface area (TPSA) is 62.2 Å². The van der Waals surface area contributed by atoms with Gasteiger partial charge in [-0.05, 0) is 37.3 Å². The van der Waals surface area contributed by atoms with Gasteiger partial charge >= 0.3 is 5.97 Å². The van der Waals surface area contributed by atoms with Crippen LogP contribution < -0.4 is 5.32 Å². The number of nitrogens with zero attached hydrogens (tertiary/aromatic N) is 1. The average molecular weight is 278 g/mol. The third-order valence-corrected chi connectivity index (χ3v) is 2.89. The molecule has 1 aromatic heterocycles. The van der Waals surface area contributed by atoms with Crippen molar-refractivity contribution >= 4 is 11.7 Å². The maximum Gasteiger partial charge on any atom is 0.335 e. The van der Waals surface area contributed by atoms with Gasteiger partial charge < -0.3 is 10.4 Å². The van der Waals surface area contributed by atoms with Gasteiger partial charge in [0.25, 0.3) is 0 Å². The van der Waals surface area contributed by atoms with Crippen LogP contribution in [0.5, 0.6) is 0 Å². The van der Waals surface area contributed by atoms with Crippen molar-refractivity contribution in [1.29, 1.82) is 0 Å². The second-order valence-electron chi connectivity index (χ2n) is 4.43. The second kappa shape index (κ2) is 5.24. The van der Waals surface area contributed by atoms with E-state index in [1.54, 1.807) is 0 Å². The Morgan fingerprint density at radius 3 is 2.55 bits per heavy atom. The Morgan fingerprint density at radius 2 is 2.00 bits per heavy atom. The van der Waals surface area contributed by atoms with Crippen molar-refractivity contribution in [3.63, 3.8) is 0 Å². The first-order valence-corrected chi connectivity index (χ1v) is 5.81. The summed E-state index contributed by atoms with van der Waals surface area (Å²) in [6.45, 7) is 1.38. The minimum Gasteiger partial charge on any atom is -0.479 e. The fourth-order valence-corrected chi connectivity index (χ4v) is 1.75. The van der Waals surface area contributed by atoms with E-state index in [1.165, 1.54) is 37.3 Å². The molecule has 2 aromatic rings. The van der Waals surface area contributed by atoms with Crippen molar-refractivity contribution in [2.75, 3.05) is 5.32 Å². The Hall–Kier alpha value is -2.50. The molecule has 1 aromatic carbocycles. The van der Waals surface area contributed by atoms with Crippen molar-refractivity contribution in [2.24, 2.45) is 0 Å². The number of carbonyl (C=O) groups is 1. The zero-order chi connectivity index (χ0) is 14.8. The molecule has 0 fully saturated rings. The van der Waals surface area contributed by atoms with E-state index in [4.69, 9.17) is 0 Å². The SMILES string of the molecule is CC(Nc1cccc(F)c1)(C(=O)O)c1ccc(F)cn1. The molecular formula is C14H12F2N2O2. The summed E-state index contributed by atoms with van der Waals surface area (Å²) in [6, 6.07) is 7.81. The number of rotatable bonds is 4. The van der Waals surface area contributed by atoms with Crippen LogP contribution in [0, 0.1) is 11.6 Å². The molecule has 0 saturated heterocycles. The average Bonchev–Trinajstić information content (AvgIpc) is 2.39. The van der Waals surface area contributed by atoms with Crippen LogP contribution in [0.4, 0.5) is 14.5 Å². The van der Waals surface area contributed by atoms with E-state index in [0.717, 1.165) is 12.3 Å². The van der Waals surface area contributed by atoms with E-state index in [1.807, 2.05) is 0 Å². The Bertz CT molecular complexity index is 631. The largest absolute Gasteiger partial charge is 0.479 e. The summed E-state index contributed by atoms with van der Waals surface area (Å²) in [4.78, 5) is 15.3. The quantitative estimate of drug-likeness (QED) is 0.902. The van der Waals surface area contributed by atoms with Crippen LogP contribution in [0.3, 0.4) is 0 Å². The third kappa shape index (κ3) is 2.74. The Morgan fingerprint density at radius 1 is 1.25 bits per heavy atom. The first kappa shape index (κ1) is 13.9. The van der Waals surface area contributed by atoms with Crippen molar-refractivity contribution < 1.29 is 18.7 Å². The Labute approximate surface area is 114 Å². The fourth-order valence-electron chi connectivity index (χ4n) is 1.75. The molecule has 0 spiro atoms. The highest BCUT2D eigenvalue weighted by molar-refractivity contribution is 5.83. The molecule has 0 amide bonds. The van der Waals surface area contributed by atoms with Crippen molar-refractivity contribution in [3.05, 3.63) is 59.9 Å². The molecule has 0 aliphatic rings. The van der Waals surface area contributed by atoms with E-state index >= 15 is 0 Å². The number of hydrogen-bond acceptors (Lipinski definition) is 3. The van der Waals surface area contributed by atoms with E-state index in [2.05, 4.69) is 10.3 Å². The molecule has 2 N–H and O–H groups in total. The van der Waals surface area contributed by atoms with Gasteiger partial charge in [-0.1, -0.05) is 6.07 Å². The molecular weight excluding hydrogens is 266 g/mol. The van der Waals surface area contributed by atoms with Gasteiger partial charge in [0.15, 0.2) is 5.54 Å². The molecule has 20 heavy (non-hydrogen) atoms. The number of pyridine rings is 1. The highest BCUT2D eigenvalue weighted by atomic mass is 19.1. The zero-order valence-electron chi connectivity index (χ0n) is 10.6. The van der Waals surface area contributed by atoms with Crippen LogP contribution in [0.15, 0.2) is 42.6 Å². The lowest BCUT2D eigenvalue weighted by molar-refractivity contribution is -0.142. The second-order valence-corrected chi connectivity index (χ2v) is 4.43. The van der Waals surface area contributed by atoms with E-state index in [9.17, 15) is 18.7 Å². The lowest BCUT2D eigenvalue weighted by Gasteiger charge is -2.26. The van der Waals surface area contributed by atoms with Crippen molar-refractivity contribution in [1.82, 2.24) is 4.98 Å². The summed E-state index contributed by atoms with van der Waals surface area (Å²) < 4.78 is 26.0. The van der Waals surface area contributed by atoms with Gasteiger partial charge in [-0.15, -0.1) is 0 Å². The van der Waals surface area contributed by atoms with Gasteiger partial charge in [0.2, 0.25) is 0 Å². The summed E-state index contributed by atoms with van der Waals surface area (Å²) in [6.07, 6.45) is 0.934. The number of carboxylic acids is 1. The monoisotopic (exact) mass is 278 g/mol. The van der Waals surface area contributed by atoms with E-state index in [-0.39, 0.29) is 5.69 Å². The molecule has 0 radical (unpaired) electrons. The molecule has 1 unspecified atom stereocenters. The van der Waals surface area contributed by atoms with Gasteiger partial charge in [0.1, 0.15) is 11.6 Å². The summed E-state index contributed by atoms with van der Waals surface area (Å²) in [5.41, 5.74) is -1.18. The van der Waals surface area contributed by atoms with Crippen molar-refractivity contribution in [3.8, 4) is 0 Å². The van der Waals surface area contributed by atoms with Crippen LogP contribution in [0.1, 0.15) is 12.6 Å². The maximum atomic E-state index is 13.1. The molecule has 6 heteroatoms. The molecule has 0 saturated carbocycles. The number of nitrogens with one attached hydrogen (secondary N) is 1. The number of carboxylic acid groups (broad SMARTS) is 1. The van der Waals surface area contributed by atoms with E-state index in [0.29, 0.717) is 5.69 Å². The molecule has 4 nitrogen and oxygen atoms in total. The van der Waals surface area contributed by atoms with Gasteiger partial charge in [0.05, 0.1) is 11.9 Å². The van der Waals surface area contributed by atoms with Crippen LogP contribution in [-0.4, -0.2) is 16.1 Å². The summed E-state index contributed by atoms with van der Waals surface area (Å²) >= 11 is 0. The molecule has 0 bridgehead atoms. The lowest BCUT2D eigenvalue weighted by Crippen LogP contribution is -2.41. The van der Waals surface area contributed by atoms with E-state index < -0.39 is 23.1 Å². The Balaban J connectivity index is 2.39. The number of aromatic nitrogens is 1. The molecule has 0 aliphatic heterocycles. The van der Waals surface area contributed by atoms with Gasteiger partial charge in [-0.25, -0.2) is 13.6 Å². The maximum absolute atomic E-state index is 13.1. The summed E-state index contributed by atoms with van der Waals surface area (Å²) in [5, 5.41) is 12.1. The van der Waals surface area contributed by atoms with Gasteiger partial charge in [0, 0.05) is 5.69 Å². The molecule has 0 aliphatic carbocycles. The van der Waals surface area contributed by atoms with Crippen LogP contribution in [0.25, 0.3) is 0 Å². The minimum absolute atomic E-state index is 0.121. The highest BCUT2D eigenvalue weighted by Crippen LogP contribution is 2.25. The van der Waals surface area contributed by atoms with Gasteiger partial charge in [-0.2, -0.15) is 0 Å². The number of anilines is 1. The predicted molar refractivity (Wildman–Crippen MR) is 69.2 cm³/mol. The lowest BCUT2D eigenvalue weighted by atomic mass is 9.96.